The first-order chi connectivity index (χ1) is 7.66. The maximum Gasteiger partial charge on any atom is 0.267 e. The van der Waals surface area contributed by atoms with Gasteiger partial charge in [0, 0.05) is 7.11 Å². The number of hydrogen-bond donors (Lipinski definition) is 0. The summed E-state index contributed by atoms with van der Waals surface area (Å²) >= 11 is 2.01. The second-order valence-electron chi connectivity index (χ2n) is 3.25. The summed E-state index contributed by atoms with van der Waals surface area (Å²) in [4.78, 5) is 15.9. The van der Waals surface area contributed by atoms with Gasteiger partial charge in [0.15, 0.2) is 0 Å². The van der Waals surface area contributed by atoms with Gasteiger partial charge in [-0.25, -0.2) is 4.98 Å². The quantitative estimate of drug-likeness (QED) is 0.569. The molecule has 0 amide bonds. The van der Waals surface area contributed by atoms with Gasteiger partial charge in [-0.05, 0) is 29.5 Å². The van der Waals surface area contributed by atoms with Gasteiger partial charge < -0.3 is 9.47 Å². The molecule has 1 rings (SSSR count). The van der Waals surface area contributed by atoms with Crippen molar-refractivity contribution >= 4 is 22.6 Å². The molecule has 0 saturated heterocycles. The second kappa shape index (κ2) is 6.97. The van der Waals surface area contributed by atoms with Crippen molar-refractivity contribution in [2.24, 2.45) is 0 Å². The first-order valence-corrected chi connectivity index (χ1v) is 6.03. The van der Waals surface area contributed by atoms with Crippen LogP contribution in [0.4, 0.5) is 0 Å². The van der Waals surface area contributed by atoms with Crippen LogP contribution in [0.25, 0.3) is 0 Å². The molecule has 0 radical (unpaired) electrons. The van der Waals surface area contributed by atoms with E-state index >= 15 is 0 Å². The fourth-order valence-corrected chi connectivity index (χ4v) is 1.56. The summed E-state index contributed by atoms with van der Waals surface area (Å²) in [6.07, 6.45) is 1.56. The lowest BCUT2D eigenvalue weighted by atomic mass is 10.4. The summed E-state index contributed by atoms with van der Waals surface area (Å²) in [6.45, 7) is 3.94. The van der Waals surface area contributed by atoms with Gasteiger partial charge in [0.05, 0.1) is 42.0 Å². The third kappa shape index (κ3) is 3.84. The number of aryl methyl sites for hydroxylation is 1. The van der Waals surface area contributed by atoms with Crippen LogP contribution in [-0.4, -0.2) is 36.5 Å². The maximum atomic E-state index is 11.7. The Kier molecular flexibility index (Phi) is 5.93. The van der Waals surface area contributed by atoms with E-state index in [2.05, 4.69) is 4.98 Å². The van der Waals surface area contributed by atoms with Gasteiger partial charge >= 0.3 is 0 Å². The summed E-state index contributed by atoms with van der Waals surface area (Å²) in [6, 6.07) is 0. The fraction of sp³-hybridized carbons (Fsp3) is 0.600. The average Bonchev–Trinajstić information content (AvgIpc) is 2.28. The monoisotopic (exact) mass is 338 g/mol. The molecule has 0 fully saturated rings. The Bertz CT molecular complexity index is 392. The molecule has 0 aromatic carbocycles. The lowest BCUT2D eigenvalue weighted by molar-refractivity contribution is 0.0661. The summed E-state index contributed by atoms with van der Waals surface area (Å²) in [7, 11) is 1.63. The van der Waals surface area contributed by atoms with Gasteiger partial charge in [0.25, 0.3) is 5.56 Å². The maximum absolute atomic E-state index is 11.7. The van der Waals surface area contributed by atoms with Crippen molar-refractivity contribution in [2.75, 3.05) is 26.9 Å². The zero-order valence-corrected chi connectivity index (χ0v) is 11.6. The molecule has 1 aromatic rings. The van der Waals surface area contributed by atoms with Crippen LogP contribution in [0.2, 0.25) is 0 Å². The molecule has 0 saturated carbocycles. The molecule has 5 nitrogen and oxygen atoms in total. The molecular weight excluding hydrogens is 323 g/mol. The van der Waals surface area contributed by atoms with E-state index in [-0.39, 0.29) is 5.56 Å². The van der Waals surface area contributed by atoms with Crippen molar-refractivity contribution in [3.05, 3.63) is 25.9 Å². The molecule has 6 heteroatoms. The van der Waals surface area contributed by atoms with Gasteiger partial charge in [-0.2, -0.15) is 0 Å². The van der Waals surface area contributed by atoms with Crippen molar-refractivity contribution in [2.45, 2.75) is 13.5 Å². The number of methoxy groups -OCH3 is 1. The molecule has 0 N–H and O–H groups in total. The van der Waals surface area contributed by atoms with E-state index in [0.29, 0.717) is 29.9 Å². The van der Waals surface area contributed by atoms with Crippen LogP contribution in [-0.2, 0) is 16.0 Å². The van der Waals surface area contributed by atoms with Crippen LogP contribution in [0.1, 0.15) is 5.69 Å². The third-order valence-corrected chi connectivity index (χ3v) is 3.31. The van der Waals surface area contributed by atoms with E-state index in [1.807, 2.05) is 29.5 Å². The largest absolute Gasteiger partial charge is 0.382 e. The number of nitrogens with zero attached hydrogens (tertiary/aromatic N) is 2. The molecule has 0 atom stereocenters. The van der Waals surface area contributed by atoms with Crippen molar-refractivity contribution in [3.8, 4) is 0 Å². The molecule has 1 aromatic heterocycles. The topological polar surface area (TPSA) is 53.4 Å². The van der Waals surface area contributed by atoms with E-state index in [1.54, 1.807) is 18.0 Å². The standard InChI is InChI=1S/C10H15IN2O3/c1-8-9(11)10(14)13(7-12-8)3-4-16-6-5-15-2/h7H,3-6H2,1-2H3. The van der Waals surface area contributed by atoms with Crippen LogP contribution >= 0.6 is 22.6 Å². The first-order valence-electron chi connectivity index (χ1n) is 4.95. The number of rotatable bonds is 6. The van der Waals surface area contributed by atoms with E-state index in [0.717, 1.165) is 5.69 Å². The third-order valence-electron chi connectivity index (χ3n) is 2.07. The summed E-state index contributed by atoms with van der Waals surface area (Å²) in [5.74, 6) is 0. The fourth-order valence-electron chi connectivity index (χ4n) is 1.11. The highest BCUT2D eigenvalue weighted by Gasteiger charge is 2.04. The lowest BCUT2D eigenvalue weighted by Gasteiger charge is -2.07. The van der Waals surface area contributed by atoms with Crippen molar-refractivity contribution in [3.63, 3.8) is 0 Å². The molecule has 1 heterocycles. The number of halogens is 1. The number of aromatic nitrogens is 2. The van der Waals surface area contributed by atoms with E-state index in [4.69, 9.17) is 9.47 Å². The summed E-state index contributed by atoms with van der Waals surface area (Å²) in [5, 5.41) is 0. The zero-order valence-electron chi connectivity index (χ0n) is 9.40. The van der Waals surface area contributed by atoms with E-state index < -0.39 is 0 Å². The highest BCUT2D eigenvalue weighted by Crippen LogP contribution is 2.00. The Labute approximate surface area is 108 Å². The van der Waals surface area contributed by atoms with Crippen LogP contribution < -0.4 is 5.56 Å². The van der Waals surface area contributed by atoms with E-state index in [9.17, 15) is 4.79 Å². The van der Waals surface area contributed by atoms with Gasteiger partial charge in [-0.1, -0.05) is 0 Å². The van der Waals surface area contributed by atoms with Crippen LogP contribution in [0.15, 0.2) is 11.1 Å². The van der Waals surface area contributed by atoms with Crippen molar-refractivity contribution in [1.82, 2.24) is 9.55 Å². The van der Waals surface area contributed by atoms with E-state index in [1.165, 1.54) is 0 Å². The molecule has 0 aliphatic carbocycles. The Hall–Kier alpha value is -0.470. The van der Waals surface area contributed by atoms with Gasteiger partial charge in [0.2, 0.25) is 0 Å². The van der Waals surface area contributed by atoms with Gasteiger partial charge in [-0.15, -0.1) is 0 Å². The molecule has 90 valence electrons. The number of ether oxygens (including phenoxy) is 2. The van der Waals surface area contributed by atoms with Crippen molar-refractivity contribution < 1.29 is 9.47 Å². The molecule has 0 spiro atoms. The predicted octanol–water partition coefficient (Wildman–Crippen LogP) is 0.819. The normalized spacial score (nSPS) is 10.7. The first kappa shape index (κ1) is 13.6. The summed E-state index contributed by atoms with van der Waals surface area (Å²) in [5.41, 5.74) is 0.755. The molecule has 0 bridgehead atoms. The lowest BCUT2D eigenvalue weighted by Crippen LogP contribution is -2.26. The molecule has 0 aliphatic rings. The van der Waals surface area contributed by atoms with Crippen LogP contribution in [0.5, 0.6) is 0 Å². The highest BCUT2D eigenvalue weighted by molar-refractivity contribution is 14.1. The molecule has 0 aliphatic heterocycles. The van der Waals surface area contributed by atoms with Crippen molar-refractivity contribution in [1.29, 1.82) is 0 Å². The highest BCUT2D eigenvalue weighted by atomic mass is 127. The Morgan fingerprint density at radius 3 is 2.88 bits per heavy atom. The SMILES string of the molecule is COCCOCCn1cnc(C)c(I)c1=O. The predicted molar refractivity (Wildman–Crippen MR) is 68.6 cm³/mol. The minimum Gasteiger partial charge on any atom is -0.382 e. The van der Waals surface area contributed by atoms with Gasteiger partial charge in [-0.3, -0.25) is 9.36 Å². The molecule has 16 heavy (non-hydrogen) atoms. The molecule has 0 unspecified atom stereocenters. The smallest absolute Gasteiger partial charge is 0.267 e. The summed E-state index contributed by atoms with van der Waals surface area (Å²) < 4.78 is 12.4. The number of hydrogen-bond acceptors (Lipinski definition) is 4. The van der Waals surface area contributed by atoms with Crippen LogP contribution in [0.3, 0.4) is 0 Å². The average molecular weight is 338 g/mol. The Morgan fingerprint density at radius 2 is 2.19 bits per heavy atom. The minimum atomic E-state index is -0.0107. The minimum absolute atomic E-state index is 0.0107. The Balaban J connectivity index is 2.49. The van der Waals surface area contributed by atoms with Gasteiger partial charge in [0.1, 0.15) is 0 Å². The second-order valence-corrected chi connectivity index (χ2v) is 4.33. The molecular formula is C10H15IN2O3. The Morgan fingerprint density at radius 1 is 1.44 bits per heavy atom. The van der Waals surface area contributed by atoms with Crippen LogP contribution in [0, 0.1) is 10.5 Å². The zero-order chi connectivity index (χ0) is 12.0.